The molecule has 8 nitrogen and oxygen atoms in total. The molecule has 0 aliphatic carbocycles. The van der Waals surface area contributed by atoms with E-state index in [1.165, 1.54) is 0 Å². The molecular formula is C19H25N5O3. The number of amides is 2. The van der Waals surface area contributed by atoms with E-state index in [2.05, 4.69) is 14.9 Å². The number of hydrogen-bond donors (Lipinski definition) is 1. The van der Waals surface area contributed by atoms with Gasteiger partial charge in [0.05, 0.1) is 18.8 Å². The number of aromatic nitrogens is 3. The summed E-state index contributed by atoms with van der Waals surface area (Å²) in [7, 11) is 1.84. The molecule has 144 valence electrons. The molecule has 0 aromatic carbocycles. The van der Waals surface area contributed by atoms with Crippen molar-refractivity contribution < 1.29 is 14.3 Å². The molecular weight excluding hydrogens is 346 g/mol. The van der Waals surface area contributed by atoms with Crippen molar-refractivity contribution in [1.29, 1.82) is 0 Å². The third-order valence-electron chi connectivity index (χ3n) is 5.34. The van der Waals surface area contributed by atoms with Crippen molar-refractivity contribution in [3.63, 3.8) is 0 Å². The van der Waals surface area contributed by atoms with Gasteiger partial charge in [-0.15, -0.1) is 0 Å². The van der Waals surface area contributed by atoms with Gasteiger partial charge in [0, 0.05) is 51.7 Å². The molecule has 0 radical (unpaired) electrons. The molecule has 2 aromatic rings. The molecule has 2 amide bonds. The second-order valence-electron chi connectivity index (χ2n) is 7.18. The molecule has 4 rings (SSSR count). The van der Waals surface area contributed by atoms with Gasteiger partial charge < -0.3 is 24.1 Å². The van der Waals surface area contributed by atoms with Gasteiger partial charge in [-0.1, -0.05) is 0 Å². The van der Waals surface area contributed by atoms with Crippen LogP contribution in [0.15, 0.2) is 24.5 Å². The Morgan fingerprint density at radius 2 is 2.11 bits per heavy atom. The molecule has 0 bridgehead atoms. The number of nitrogens with zero attached hydrogens (tertiary/aromatic N) is 4. The summed E-state index contributed by atoms with van der Waals surface area (Å²) >= 11 is 0. The van der Waals surface area contributed by atoms with E-state index >= 15 is 0 Å². The van der Waals surface area contributed by atoms with Crippen molar-refractivity contribution in [2.75, 3.05) is 19.8 Å². The summed E-state index contributed by atoms with van der Waals surface area (Å²) in [6.45, 7) is 3.69. The normalized spacial score (nSPS) is 17.6. The molecule has 4 heterocycles. The number of carbonyl (C=O) groups is 2. The van der Waals surface area contributed by atoms with E-state index in [4.69, 9.17) is 4.74 Å². The Labute approximate surface area is 158 Å². The number of imidazole rings is 1. The van der Waals surface area contributed by atoms with E-state index in [0.717, 1.165) is 30.9 Å². The van der Waals surface area contributed by atoms with Gasteiger partial charge >= 0.3 is 0 Å². The first-order chi connectivity index (χ1) is 13.1. The van der Waals surface area contributed by atoms with Gasteiger partial charge in [0.2, 0.25) is 5.91 Å². The number of fused-ring (bicyclic) bond motifs is 1. The number of carbonyl (C=O) groups excluding carboxylic acids is 2. The summed E-state index contributed by atoms with van der Waals surface area (Å²) in [5.74, 6) is 1.05. The lowest BCUT2D eigenvalue weighted by atomic mass is 9.98. The lowest BCUT2D eigenvalue weighted by Gasteiger charge is -2.32. The highest BCUT2D eigenvalue weighted by atomic mass is 16.5. The average molecular weight is 371 g/mol. The standard InChI is InChI=1S/C19H25N5O3/c1-22-6-2-3-16(22)18(25)20-11-15-12-23-7-8-24(13-17(23)21-15)19(26)14-4-9-27-10-5-14/h2-3,6,12,14H,4-5,7-11,13H2,1H3,(H,20,25). The van der Waals surface area contributed by atoms with Crippen LogP contribution < -0.4 is 5.32 Å². The molecule has 27 heavy (non-hydrogen) atoms. The minimum Gasteiger partial charge on any atom is -0.381 e. The maximum Gasteiger partial charge on any atom is 0.268 e. The monoisotopic (exact) mass is 371 g/mol. The average Bonchev–Trinajstić information content (AvgIpc) is 3.31. The Morgan fingerprint density at radius 1 is 1.30 bits per heavy atom. The van der Waals surface area contributed by atoms with E-state index < -0.39 is 0 Å². The van der Waals surface area contributed by atoms with Crippen molar-refractivity contribution in [3.8, 4) is 0 Å². The Morgan fingerprint density at radius 3 is 2.85 bits per heavy atom. The van der Waals surface area contributed by atoms with Crippen LogP contribution in [0.25, 0.3) is 0 Å². The van der Waals surface area contributed by atoms with Crippen LogP contribution in [0.4, 0.5) is 0 Å². The first-order valence-electron chi connectivity index (χ1n) is 9.43. The third-order valence-corrected chi connectivity index (χ3v) is 5.34. The minimum absolute atomic E-state index is 0.0734. The Kier molecular flexibility index (Phi) is 4.98. The SMILES string of the molecule is Cn1cccc1C(=O)NCc1cn2c(n1)CN(C(=O)C1CCOCC1)CC2. The summed E-state index contributed by atoms with van der Waals surface area (Å²) in [6, 6.07) is 3.63. The quantitative estimate of drug-likeness (QED) is 0.867. The number of rotatable bonds is 4. The highest BCUT2D eigenvalue weighted by molar-refractivity contribution is 5.92. The summed E-state index contributed by atoms with van der Waals surface area (Å²) in [5, 5.41) is 2.91. The fourth-order valence-corrected chi connectivity index (χ4v) is 3.75. The van der Waals surface area contributed by atoms with Crippen LogP contribution in [0, 0.1) is 5.92 Å². The van der Waals surface area contributed by atoms with Crippen LogP contribution in [0.1, 0.15) is 34.8 Å². The molecule has 0 spiro atoms. The summed E-state index contributed by atoms with van der Waals surface area (Å²) < 4.78 is 9.22. The van der Waals surface area contributed by atoms with E-state index in [1.54, 1.807) is 10.6 Å². The van der Waals surface area contributed by atoms with E-state index in [0.29, 0.717) is 38.5 Å². The van der Waals surface area contributed by atoms with E-state index in [9.17, 15) is 9.59 Å². The largest absolute Gasteiger partial charge is 0.381 e. The maximum absolute atomic E-state index is 12.7. The van der Waals surface area contributed by atoms with Gasteiger partial charge in [0.1, 0.15) is 11.5 Å². The van der Waals surface area contributed by atoms with Crippen LogP contribution in [-0.2, 0) is 36.2 Å². The summed E-state index contributed by atoms with van der Waals surface area (Å²) in [4.78, 5) is 31.5. The van der Waals surface area contributed by atoms with Crippen LogP contribution >= 0.6 is 0 Å². The highest BCUT2D eigenvalue weighted by Crippen LogP contribution is 2.21. The van der Waals surface area contributed by atoms with Gasteiger partial charge in [-0.05, 0) is 25.0 Å². The van der Waals surface area contributed by atoms with Crippen LogP contribution in [0.3, 0.4) is 0 Å². The van der Waals surface area contributed by atoms with Crippen molar-refractivity contribution in [2.24, 2.45) is 13.0 Å². The molecule has 1 saturated heterocycles. The fraction of sp³-hybridized carbons (Fsp3) is 0.526. The molecule has 0 atom stereocenters. The van der Waals surface area contributed by atoms with Crippen molar-refractivity contribution in [3.05, 3.63) is 41.7 Å². The maximum atomic E-state index is 12.7. The topological polar surface area (TPSA) is 81.4 Å². The predicted octanol–water partition coefficient (Wildman–Crippen LogP) is 0.920. The van der Waals surface area contributed by atoms with Crippen molar-refractivity contribution in [2.45, 2.75) is 32.5 Å². The lowest BCUT2D eigenvalue weighted by molar-refractivity contribution is -0.140. The molecule has 0 saturated carbocycles. The summed E-state index contributed by atoms with van der Waals surface area (Å²) in [6.07, 6.45) is 5.42. The molecule has 1 N–H and O–H groups in total. The molecule has 1 fully saturated rings. The fourth-order valence-electron chi connectivity index (χ4n) is 3.75. The van der Waals surface area contributed by atoms with Gasteiger partial charge in [-0.2, -0.15) is 0 Å². The predicted molar refractivity (Wildman–Crippen MR) is 97.8 cm³/mol. The van der Waals surface area contributed by atoms with E-state index in [1.807, 2.05) is 30.4 Å². The second-order valence-corrected chi connectivity index (χ2v) is 7.18. The molecule has 2 aliphatic heterocycles. The number of ether oxygens (including phenoxy) is 1. The zero-order valence-electron chi connectivity index (χ0n) is 15.6. The molecule has 8 heteroatoms. The number of nitrogens with one attached hydrogen (secondary N) is 1. The number of hydrogen-bond acceptors (Lipinski definition) is 4. The molecule has 2 aliphatic rings. The third kappa shape index (κ3) is 3.75. The van der Waals surface area contributed by atoms with Crippen molar-refractivity contribution >= 4 is 11.8 Å². The van der Waals surface area contributed by atoms with Crippen LogP contribution in [0.2, 0.25) is 0 Å². The van der Waals surface area contributed by atoms with E-state index in [-0.39, 0.29) is 17.7 Å². The first-order valence-corrected chi connectivity index (χ1v) is 9.43. The Hall–Kier alpha value is -2.61. The molecule has 0 unspecified atom stereocenters. The first kappa shape index (κ1) is 17.8. The van der Waals surface area contributed by atoms with Crippen LogP contribution in [-0.4, -0.2) is 50.6 Å². The lowest BCUT2D eigenvalue weighted by Crippen LogP contribution is -2.42. The van der Waals surface area contributed by atoms with Crippen LogP contribution in [0.5, 0.6) is 0 Å². The van der Waals surface area contributed by atoms with Gasteiger partial charge in [-0.25, -0.2) is 4.98 Å². The highest BCUT2D eigenvalue weighted by Gasteiger charge is 2.29. The Balaban J connectivity index is 1.36. The zero-order valence-corrected chi connectivity index (χ0v) is 15.6. The second kappa shape index (κ2) is 7.56. The number of aryl methyl sites for hydroxylation is 1. The van der Waals surface area contributed by atoms with Gasteiger partial charge in [0.25, 0.3) is 5.91 Å². The minimum atomic E-state index is -0.121. The summed E-state index contributed by atoms with van der Waals surface area (Å²) in [5.41, 5.74) is 1.43. The van der Waals surface area contributed by atoms with Gasteiger partial charge in [-0.3, -0.25) is 9.59 Å². The van der Waals surface area contributed by atoms with Gasteiger partial charge in [0.15, 0.2) is 0 Å². The zero-order chi connectivity index (χ0) is 18.8. The smallest absolute Gasteiger partial charge is 0.268 e. The van der Waals surface area contributed by atoms with Crippen molar-refractivity contribution in [1.82, 2.24) is 24.3 Å². The Bertz CT molecular complexity index is 834. The molecule has 2 aromatic heterocycles.